The second kappa shape index (κ2) is 6.72. The summed E-state index contributed by atoms with van der Waals surface area (Å²) in [4.78, 5) is 11.0. The van der Waals surface area contributed by atoms with Crippen LogP contribution < -0.4 is 16.0 Å². The summed E-state index contributed by atoms with van der Waals surface area (Å²) >= 11 is 5.19. The number of benzene rings is 1. The zero-order valence-corrected chi connectivity index (χ0v) is 11.8. The quantitative estimate of drug-likeness (QED) is 0.755. The fourth-order valence-corrected chi connectivity index (χ4v) is 1.82. The number of thiocarbonyl (C=S) groups is 1. The predicted molar refractivity (Wildman–Crippen MR) is 82.5 cm³/mol. The largest absolute Gasteiger partial charge is 0.467 e. The van der Waals surface area contributed by atoms with Crippen molar-refractivity contribution in [2.75, 3.05) is 10.6 Å². The Balaban J connectivity index is 1.88. The molecule has 0 spiro atoms. The molecule has 1 aromatic heterocycles. The van der Waals surface area contributed by atoms with E-state index in [2.05, 4.69) is 16.0 Å². The molecule has 0 unspecified atom stereocenters. The minimum absolute atomic E-state index is 0.110. The molecule has 0 aliphatic heterocycles. The van der Waals surface area contributed by atoms with Crippen molar-refractivity contribution >= 4 is 34.6 Å². The molecule has 0 radical (unpaired) electrons. The molecule has 1 heterocycles. The molecule has 104 valence electrons. The van der Waals surface area contributed by atoms with Crippen LogP contribution in [0.4, 0.5) is 11.4 Å². The van der Waals surface area contributed by atoms with Crippen LogP contribution in [-0.4, -0.2) is 11.0 Å². The van der Waals surface area contributed by atoms with Gasteiger partial charge in [-0.05, 0) is 42.5 Å². The number of hydrogen-bond acceptors (Lipinski definition) is 3. The molecule has 1 aromatic carbocycles. The number of anilines is 2. The highest BCUT2D eigenvalue weighted by Gasteiger charge is 2.01. The lowest BCUT2D eigenvalue weighted by Crippen LogP contribution is -2.27. The van der Waals surface area contributed by atoms with Crippen molar-refractivity contribution < 1.29 is 9.21 Å². The average Bonchev–Trinajstić information content (AvgIpc) is 2.89. The summed E-state index contributed by atoms with van der Waals surface area (Å²) in [5.74, 6) is 0.696. The molecule has 6 heteroatoms. The van der Waals surface area contributed by atoms with Crippen molar-refractivity contribution in [3.8, 4) is 0 Å². The molecule has 0 aliphatic rings. The lowest BCUT2D eigenvalue weighted by molar-refractivity contribution is -0.114. The molecule has 0 saturated heterocycles. The number of carbonyl (C=O) groups excluding carboxylic acids is 1. The number of hydrogen-bond donors (Lipinski definition) is 3. The van der Waals surface area contributed by atoms with Gasteiger partial charge in [0, 0.05) is 18.3 Å². The first-order valence-electron chi connectivity index (χ1n) is 6.08. The van der Waals surface area contributed by atoms with Gasteiger partial charge in [0.25, 0.3) is 0 Å². The van der Waals surface area contributed by atoms with Gasteiger partial charge in [-0.1, -0.05) is 6.07 Å². The van der Waals surface area contributed by atoms with Crippen molar-refractivity contribution in [2.45, 2.75) is 13.5 Å². The predicted octanol–water partition coefficient (Wildman–Crippen LogP) is 2.72. The fraction of sp³-hybridized carbons (Fsp3) is 0.143. The van der Waals surface area contributed by atoms with Gasteiger partial charge in [-0.2, -0.15) is 0 Å². The number of amides is 1. The van der Waals surface area contributed by atoms with Gasteiger partial charge in [0.1, 0.15) is 5.76 Å². The van der Waals surface area contributed by atoms with E-state index in [-0.39, 0.29) is 5.91 Å². The second-order valence-corrected chi connectivity index (χ2v) is 4.56. The highest BCUT2D eigenvalue weighted by Crippen LogP contribution is 2.14. The summed E-state index contributed by atoms with van der Waals surface area (Å²) in [6, 6.07) is 11.0. The van der Waals surface area contributed by atoms with E-state index in [0.717, 1.165) is 17.1 Å². The van der Waals surface area contributed by atoms with Crippen LogP contribution in [0.5, 0.6) is 0 Å². The van der Waals surface area contributed by atoms with Crippen molar-refractivity contribution in [3.05, 3.63) is 48.4 Å². The maximum atomic E-state index is 11.0. The van der Waals surface area contributed by atoms with Gasteiger partial charge in [-0.15, -0.1) is 0 Å². The lowest BCUT2D eigenvalue weighted by atomic mass is 10.3. The molecule has 0 bridgehead atoms. The summed E-state index contributed by atoms with van der Waals surface area (Å²) in [7, 11) is 0. The van der Waals surface area contributed by atoms with Crippen molar-refractivity contribution in [3.63, 3.8) is 0 Å². The maximum Gasteiger partial charge on any atom is 0.221 e. The Kier molecular flexibility index (Phi) is 4.73. The summed E-state index contributed by atoms with van der Waals surface area (Å²) in [6.07, 6.45) is 1.62. The first-order chi connectivity index (χ1) is 9.63. The highest BCUT2D eigenvalue weighted by molar-refractivity contribution is 7.80. The third-order valence-electron chi connectivity index (χ3n) is 2.44. The Labute approximate surface area is 122 Å². The Bertz CT molecular complexity index is 596. The Morgan fingerprint density at radius 2 is 1.95 bits per heavy atom. The molecular weight excluding hydrogens is 274 g/mol. The van der Waals surface area contributed by atoms with E-state index in [1.165, 1.54) is 6.92 Å². The number of nitrogens with one attached hydrogen (secondary N) is 3. The van der Waals surface area contributed by atoms with Gasteiger partial charge in [0.2, 0.25) is 5.91 Å². The molecule has 0 atom stereocenters. The maximum absolute atomic E-state index is 11.0. The second-order valence-electron chi connectivity index (χ2n) is 4.15. The molecule has 2 aromatic rings. The van der Waals surface area contributed by atoms with E-state index in [1.54, 1.807) is 6.26 Å². The van der Waals surface area contributed by atoms with Gasteiger partial charge in [0.15, 0.2) is 5.11 Å². The highest BCUT2D eigenvalue weighted by atomic mass is 32.1. The van der Waals surface area contributed by atoms with E-state index >= 15 is 0 Å². The molecule has 0 saturated carbocycles. The fourth-order valence-electron chi connectivity index (χ4n) is 1.63. The van der Waals surface area contributed by atoms with E-state index < -0.39 is 0 Å². The molecule has 1 amide bonds. The molecule has 5 nitrogen and oxygen atoms in total. The van der Waals surface area contributed by atoms with Crippen molar-refractivity contribution in [1.29, 1.82) is 0 Å². The van der Waals surface area contributed by atoms with Crippen LogP contribution in [0.2, 0.25) is 0 Å². The topological polar surface area (TPSA) is 66.3 Å². The minimum atomic E-state index is -0.110. The van der Waals surface area contributed by atoms with E-state index in [9.17, 15) is 4.79 Å². The lowest BCUT2D eigenvalue weighted by Gasteiger charge is -2.10. The normalized spacial score (nSPS) is 9.85. The van der Waals surface area contributed by atoms with Crippen molar-refractivity contribution in [2.24, 2.45) is 0 Å². The standard InChI is InChI=1S/C14H15N3O2S/c1-10(18)16-11-4-2-5-12(8-11)17-14(20)15-9-13-6-3-7-19-13/h2-8H,9H2,1H3,(H,16,18)(H2,15,17,20). The number of furan rings is 1. The molecule has 0 fully saturated rings. The Morgan fingerprint density at radius 3 is 2.60 bits per heavy atom. The summed E-state index contributed by atoms with van der Waals surface area (Å²) in [5, 5.41) is 9.28. The number of rotatable bonds is 4. The van der Waals surface area contributed by atoms with Gasteiger partial charge in [-0.3, -0.25) is 4.79 Å². The van der Waals surface area contributed by atoms with Crippen LogP contribution in [0.25, 0.3) is 0 Å². The average molecular weight is 289 g/mol. The summed E-state index contributed by atoms with van der Waals surface area (Å²) in [6.45, 7) is 1.99. The zero-order chi connectivity index (χ0) is 14.4. The van der Waals surface area contributed by atoms with Gasteiger partial charge < -0.3 is 20.4 Å². The van der Waals surface area contributed by atoms with Crippen LogP contribution in [-0.2, 0) is 11.3 Å². The van der Waals surface area contributed by atoms with Crippen LogP contribution in [0.15, 0.2) is 47.1 Å². The van der Waals surface area contributed by atoms with E-state index in [0.29, 0.717) is 11.7 Å². The molecule has 2 rings (SSSR count). The summed E-state index contributed by atoms with van der Waals surface area (Å²) < 4.78 is 5.20. The Hall–Kier alpha value is -2.34. The smallest absolute Gasteiger partial charge is 0.221 e. The third-order valence-corrected chi connectivity index (χ3v) is 2.69. The van der Waals surface area contributed by atoms with Gasteiger partial charge in [0.05, 0.1) is 12.8 Å². The minimum Gasteiger partial charge on any atom is -0.467 e. The molecule has 3 N–H and O–H groups in total. The Morgan fingerprint density at radius 1 is 1.20 bits per heavy atom. The molecular formula is C14H15N3O2S. The zero-order valence-electron chi connectivity index (χ0n) is 11.0. The van der Waals surface area contributed by atoms with Crippen molar-refractivity contribution in [1.82, 2.24) is 5.32 Å². The first kappa shape index (κ1) is 14.1. The molecule has 20 heavy (non-hydrogen) atoms. The van der Waals surface area contributed by atoms with Crippen LogP contribution in [0.1, 0.15) is 12.7 Å². The van der Waals surface area contributed by atoms with Crippen LogP contribution >= 0.6 is 12.2 Å². The van der Waals surface area contributed by atoms with Gasteiger partial charge in [-0.25, -0.2) is 0 Å². The molecule has 0 aliphatic carbocycles. The summed E-state index contributed by atoms with van der Waals surface area (Å²) in [5.41, 5.74) is 1.52. The monoisotopic (exact) mass is 289 g/mol. The number of carbonyl (C=O) groups is 1. The van der Waals surface area contributed by atoms with Crippen LogP contribution in [0, 0.1) is 0 Å². The van der Waals surface area contributed by atoms with Crippen LogP contribution in [0.3, 0.4) is 0 Å². The SMILES string of the molecule is CC(=O)Nc1cccc(NC(=S)NCc2ccco2)c1. The van der Waals surface area contributed by atoms with Gasteiger partial charge >= 0.3 is 0 Å². The van der Waals surface area contributed by atoms with E-state index in [1.807, 2.05) is 36.4 Å². The first-order valence-corrected chi connectivity index (χ1v) is 6.49. The van der Waals surface area contributed by atoms with E-state index in [4.69, 9.17) is 16.6 Å². The third kappa shape index (κ3) is 4.40.